The van der Waals surface area contributed by atoms with Crippen molar-refractivity contribution in [2.24, 2.45) is 0 Å². The summed E-state index contributed by atoms with van der Waals surface area (Å²) in [5, 5.41) is 39.3. The van der Waals surface area contributed by atoms with Gasteiger partial charge in [-0.05, 0) is 31.4 Å². The monoisotopic (exact) mass is 475 g/mol. The van der Waals surface area contributed by atoms with Crippen LogP contribution in [0.15, 0.2) is 18.2 Å². The number of ether oxygens (including phenoxy) is 2. The largest absolute Gasteiger partial charge is 0.394 e. The number of sulfone groups is 1. The Labute approximate surface area is 188 Å². The molecule has 0 aromatic heterocycles. The Hall–Kier alpha value is -1.60. The van der Waals surface area contributed by atoms with Gasteiger partial charge in [0, 0.05) is 6.26 Å². The molecule has 1 fully saturated rings. The first-order valence-electron chi connectivity index (χ1n) is 10.4. The summed E-state index contributed by atoms with van der Waals surface area (Å²) >= 11 is 0. The molecule has 0 radical (unpaired) electrons. The Bertz CT molecular complexity index is 889. The number of carbonyl (C=O) groups excluding carboxylic acids is 1. The van der Waals surface area contributed by atoms with E-state index >= 15 is 0 Å². The first kappa shape index (κ1) is 26.7. The van der Waals surface area contributed by atoms with Crippen molar-refractivity contribution in [2.45, 2.75) is 63.9 Å². The highest BCUT2D eigenvalue weighted by Crippen LogP contribution is 2.29. The number of benzene rings is 1. The van der Waals surface area contributed by atoms with Crippen LogP contribution in [0.1, 0.15) is 25.0 Å². The Morgan fingerprint density at radius 2 is 1.88 bits per heavy atom. The van der Waals surface area contributed by atoms with E-state index in [-0.39, 0.29) is 6.61 Å². The first-order chi connectivity index (χ1) is 14.9. The number of hydrogen-bond donors (Lipinski definition) is 4. The van der Waals surface area contributed by atoms with Crippen molar-refractivity contribution in [3.63, 3.8) is 0 Å². The Morgan fingerprint density at radius 3 is 2.44 bits per heavy atom. The third-order valence-corrected chi connectivity index (χ3v) is 6.16. The maximum absolute atomic E-state index is 13.0. The summed E-state index contributed by atoms with van der Waals surface area (Å²) in [4.78, 5) is 14.4. The number of carbonyl (C=O) groups is 1. The molecule has 11 heteroatoms. The van der Waals surface area contributed by atoms with E-state index < -0.39 is 64.9 Å². The average molecular weight is 476 g/mol. The SMILES string of the molecule is CCc1cccc(C)c1N(C(=O)CS(C)(=O)=O)[C@@H](C)CO[C@@H]1O[C@H](CO)[C@@H](O)[C@H](O)[C@H]1O. The van der Waals surface area contributed by atoms with Crippen molar-refractivity contribution >= 4 is 21.4 Å². The van der Waals surface area contributed by atoms with Gasteiger partial charge in [0.25, 0.3) is 0 Å². The normalized spacial score (nSPS) is 27.2. The minimum atomic E-state index is -3.60. The predicted octanol–water partition coefficient (Wildman–Crippen LogP) is -0.860. The Balaban J connectivity index is 2.29. The first-order valence-corrected chi connectivity index (χ1v) is 12.5. The highest BCUT2D eigenvalue weighted by molar-refractivity contribution is 7.91. The van der Waals surface area contributed by atoms with Gasteiger partial charge in [-0.25, -0.2) is 8.42 Å². The van der Waals surface area contributed by atoms with E-state index in [1.165, 1.54) is 4.90 Å². The quantitative estimate of drug-likeness (QED) is 0.357. The predicted molar refractivity (Wildman–Crippen MR) is 117 cm³/mol. The van der Waals surface area contributed by atoms with Gasteiger partial charge < -0.3 is 34.8 Å². The molecule has 0 spiro atoms. The fraction of sp³-hybridized carbons (Fsp3) is 0.667. The molecule has 6 atom stereocenters. The Kier molecular flexibility index (Phi) is 9.17. The lowest BCUT2D eigenvalue weighted by molar-refractivity contribution is -0.301. The molecular weight excluding hydrogens is 442 g/mol. The third kappa shape index (κ3) is 6.25. The van der Waals surface area contributed by atoms with Crippen LogP contribution in [0.25, 0.3) is 0 Å². The van der Waals surface area contributed by atoms with Crippen LogP contribution in [-0.4, -0.2) is 96.7 Å². The zero-order valence-electron chi connectivity index (χ0n) is 18.7. The van der Waals surface area contributed by atoms with Crippen molar-refractivity contribution in [3.8, 4) is 0 Å². The topological polar surface area (TPSA) is 154 Å². The number of hydrogen-bond acceptors (Lipinski definition) is 9. The van der Waals surface area contributed by atoms with Crippen molar-refractivity contribution in [1.82, 2.24) is 0 Å². The number of aliphatic hydroxyl groups is 4. The lowest BCUT2D eigenvalue weighted by Crippen LogP contribution is -2.59. The number of rotatable bonds is 9. The molecule has 32 heavy (non-hydrogen) atoms. The molecule has 0 unspecified atom stereocenters. The van der Waals surface area contributed by atoms with Crippen LogP contribution in [0.3, 0.4) is 0 Å². The number of para-hydroxylation sites is 1. The van der Waals surface area contributed by atoms with Gasteiger partial charge in [0.05, 0.1) is 24.9 Å². The molecule has 1 aromatic rings. The lowest BCUT2D eigenvalue weighted by atomic mass is 9.99. The zero-order chi connectivity index (χ0) is 24.2. The number of anilines is 1. The summed E-state index contributed by atoms with van der Waals surface area (Å²) in [5.41, 5.74) is 2.23. The molecule has 1 saturated heterocycles. The average Bonchev–Trinajstić information content (AvgIpc) is 2.71. The van der Waals surface area contributed by atoms with E-state index in [9.17, 15) is 33.6 Å². The zero-order valence-corrected chi connectivity index (χ0v) is 19.5. The van der Waals surface area contributed by atoms with Gasteiger partial charge in [0.15, 0.2) is 16.1 Å². The van der Waals surface area contributed by atoms with E-state index in [1.54, 1.807) is 6.92 Å². The van der Waals surface area contributed by atoms with Crippen LogP contribution in [-0.2, 0) is 30.5 Å². The second-order valence-electron chi connectivity index (χ2n) is 8.15. The van der Waals surface area contributed by atoms with E-state index in [0.29, 0.717) is 12.1 Å². The van der Waals surface area contributed by atoms with Gasteiger partial charge in [-0.15, -0.1) is 0 Å². The molecule has 1 aromatic carbocycles. The second kappa shape index (κ2) is 11.0. The fourth-order valence-corrected chi connectivity index (χ4v) is 4.34. The summed E-state index contributed by atoms with van der Waals surface area (Å²) in [6, 6.07) is 4.86. The molecule has 182 valence electrons. The van der Waals surface area contributed by atoms with Crippen molar-refractivity contribution in [2.75, 3.05) is 30.1 Å². The van der Waals surface area contributed by atoms with Crippen LogP contribution in [0.5, 0.6) is 0 Å². The molecule has 1 aliphatic heterocycles. The molecule has 2 rings (SSSR count). The van der Waals surface area contributed by atoms with Crippen molar-refractivity contribution in [3.05, 3.63) is 29.3 Å². The molecule has 4 N–H and O–H groups in total. The van der Waals surface area contributed by atoms with Gasteiger partial charge in [-0.1, -0.05) is 25.1 Å². The van der Waals surface area contributed by atoms with Crippen LogP contribution in [0.4, 0.5) is 5.69 Å². The fourth-order valence-electron chi connectivity index (χ4n) is 3.75. The van der Waals surface area contributed by atoms with E-state index in [4.69, 9.17) is 9.47 Å². The second-order valence-corrected chi connectivity index (χ2v) is 10.3. The van der Waals surface area contributed by atoms with Crippen molar-refractivity contribution < 1.29 is 43.1 Å². The van der Waals surface area contributed by atoms with Crippen LogP contribution in [0.2, 0.25) is 0 Å². The third-order valence-electron chi connectivity index (χ3n) is 5.39. The summed E-state index contributed by atoms with van der Waals surface area (Å²) < 4.78 is 34.6. The minimum Gasteiger partial charge on any atom is -0.394 e. The maximum Gasteiger partial charge on any atom is 0.242 e. The van der Waals surface area contributed by atoms with E-state index in [1.807, 2.05) is 32.0 Å². The smallest absolute Gasteiger partial charge is 0.242 e. The summed E-state index contributed by atoms with van der Waals surface area (Å²) in [7, 11) is -3.60. The molecule has 0 saturated carbocycles. The molecule has 10 nitrogen and oxygen atoms in total. The minimum absolute atomic E-state index is 0.171. The van der Waals surface area contributed by atoms with Crippen molar-refractivity contribution in [1.29, 1.82) is 0 Å². The number of aryl methyl sites for hydroxylation is 2. The lowest BCUT2D eigenvalue weighted by Gasteiger charge is -2.40. The molecule has 0 bridgehead atoms. The molecular formula is C21H33NO9S. The van der Waals surface area contributed by atoms with Gasteiger partial charge in [0.1, 0.15) is 30.2 Å². The van der Waals surface area contributed by atoms with Gasteiger partial charge in [-0.3, -0.25) is 4.79 Å². The highest BCUT2D eigenvalue weighted by Gasteiger charge is 2.44. The highest BCUT2D eigenvalue weighted by atomic mass is 32.2. The molecule has 1 heterocycles. The number of nitrogens with zero attached hydrogens (tertiary/aromatic N) is 1. The van der Waals surface area contributed by atoms with E-state index in [2.05, 4.69) is 0 Å². The van der Waals surface area contributed by atoms with Gasteiger partial charge in [0.2, 0.25) is 5.91 Å². The van der Waals surface area contributed by atoms with Crippen LogP contribution >= 0.6 is 0 Å². The van der Waals surface area contributed by atoms with Gasteiger partial charge >= 0.3 is 0 Å². The van der Waals surface area contributed by atoms with Gasteiger partial charge in [-0.2, -0.15) is 0 Å². The summed E-state index contributed by atoms with van der Waals surface area (Å²) in [6.07, 6.45) is -5.57. The summed E-state index contributed by atoms with van der Waals surface area (Å²) in [6.45, 7) is 4.64. The maximum atomic E-state index is 13.0. The van der Waals surface area contributed by atoms with Crippen LogP contribution < -0.4 is 4.90 Å². The Morgan fingerprint density at radius 1 is 1.22 bits per heavy atom. The van der Waals surface area contributed by atoms with E-state index in [0.717, 1.165) is 17.4 Å². The molecule has 0 aliphatic carbocycles. The molecule has 1 aliphatic rings. The number of aliphatic hydroxyl groups excluding tert-OH is 4. The standard InChI is InChI=1S/C21H33NO9S/c1-5-14-8-6-7-12(2)17(14)22(16(24)11-32(4,28)29)13(3)10-30-21-20(27)19(26)18(25)15(9-23)31-21/h6-8,13,15,18-21,23,25-27H,5,9-11H2,1-4H3/t13-,15+,18+,19-,20+,21+/m0/s1. The molecule has 1 amide bonds. The van der Waals surface area contributed by atoms with Crippen LogP contribution in [0, 0.1) is 6.92 Å². The summed E-state index contributed by atoms with van der Waals surface area (Å²) in [5.74, 6) is -1.31. The number of amides is 1.